The number of rotatable bonds is 2. The Bertz CT molecular complexity index is 383. The molecule has 0 bridgehead atoms. The molecule has 1 aromatic heterocycles. The van der Waals surface area contributed by atoms with Crippen LogP contribution in [0.3, 0.4) is 0 Å². The minimum Gasteiger partial charge on any atom is -0.478 e. The maximum atomic E-state index is 12.8. The minimum absolute atomic E-state index is 0.685. The first-order valence-electron chi connectivity index (χ1n) is 3.78. The smallest absolute Gasteiger partial charge is 0.436 e. The number of nitrogens with zero attached hydrogens (tertiary/aromatic N) is 1. The monoisotopic (exact) mass is 226 g/mol. The fourth-order valence-corrected chi connectivity index (χ4v) is 1.06. The molecule has 1 rings (SSSR count). The van der Waals surface area contributed by atoms with Crippen molar-refractivity contribution in [3.8, 4) is 0 Å². The molecular weight excluding hydrogens is 220 g/mol. The molecule has 0 saturated heterocycles. The van der Waals surface area contributed by atoms with E-state index in [4.69, 9.17) is 5.11 Å². The average molecular weight is 226 g/mol. The quantitative estimate of drug-likeness (QED) is 0.759. The third-order valence-electron chi connectivity index (χ3n) is 1.67. The summed E-state index contributed by atoms with van der Waals surface area (Å²) in [6, 6.07) is 0. The van der Waals surface area contributed by atoms with Gasteiger partial charge in [-0.15, -0.1) is 0 Å². The van der Waals surface area contributed by atoms with E-state index in [1.807, 2.05) is 0 Å². The summed E-state index contributed by atoms with van der Waals surface area (Å²) in [6.07, 6.45) is -6.78. The van der Waals surface area contributed by atoms with E-state index >= 15 is 0 Å². The molecule has 4 nitrogen and oxygen atoms in total. The Morgan fingerprint density at radius 1 is 1.53 bits per heavy atom. The molecule has 84 valence electrons. The Labute approximate surface area is 80.9 Å². The number of nitrogens with one attached hydrogen (secondary N) is 1. The van der Waals surface area contributed by atoms with Gasteiger partial charge in [0.05, 0.1) is 5.69 Å². The molecule has 15 heavy (non-hydrogen) atoms. The van der Waals surface area contributed by atoms with E-state index < -0.39 is 35.3 Å². The second kappa shape index (κ2) is 3.52. The Morgan fingerprint density at radius 2 is 2.07 bits per heavy atom. The molecule has 1 unspecified atom stereocenters. The van der Waals surface area contributed by atoms with E-state index in [2.05, 4.69) is 5.10 Å². The second-order valence-electron chi connectivity index (χ2n) is 2.78. The summed E-state index contributed by atoms with van der Waals surface area (Å²) >= 11 is 0. The zero-order valence-electron chi connectivity index (χ0n) is 7.39. The number of carboxylic acid groups (broad SMARTS) is 1. The minimum atomic E-state index is -4.92. The summed E-state index contributed by atoms with van der Waals surface area (Å²) in [6.45, 7) is 0.917. The van der Waals surface area contributed by atoms with Gasteiger partial charge in [0, 0.05) is 0 Å². The highest BCUT2D eigenvalue weighted by Crippen LogP contribution is 2.33. The number of hydrogen-bond acceptors (Lipinski definition) is 2. The van der Waals surface area contributed by atoms with E-state index in [0.717, 1.165) is 6.92 Å². The van der Waals surface area contributed by atoms with Gasteiger partial charge in [0.1, 0.15) is 11.7 Å². The summed E-state index contributed by atoms with van der Waals surface area (Å²) in [4.78, 5) is 10.5. The van der Waals surface area contributed by atoms with Gasteiger partial charge in [-0.3, -0.25) is 5.10 Å². The van der Waals surface area contributed by atoms with Crippen molar-refractivity contribution >= 4 is 5.97 Å². The predicted molar refractivity (Wildman–Crippen MR) is 40.1 cm³/mol. The van der Waals surface area contributed by atoms with Gasteiger partial charge in [-0.05, 0) is 6.92 Å². The Kier molecular flexibility index (Phi) is 2.69. The number of aromatic carboxylic acids is 1. The van der Waals surface area contributed by atoms with Crippen molar-refractivity contribution in [1.29, 1.82) is 0 Å². The van der Waals surface area contributed by atoms with Gasteiger partial charge in [0.2, 0.25) is 0 Å². The zero-order chi connectivity index (χ0) is 11.8. The number of H-pyrrole nitrogens is 1. The van der Waals surface area contributed by atoms with Crippen LogP contribution in [0, 0.1) is 0 Å². The van der Waals surface area contributed by atoms with Crippen LogP contribution in [0.15, 0.2) is 0 Å². The van der Waals surface area contributed by atoms with Crippen molar-refractivity contribution in [2.24, 2.45) is 0 Å². The lowest BCUT2D eigenvalue weighted by Crippen LogP contribution is -2.13. The molecule has 2 N–H and O–H groups in total. The lowest BCUT2D eigenvalue weighted by molar-refractivity contribution is -0.141. The normalized spacial score (nSPS) is 13.9. The second-order valence-corrected chi connectivity index (χ2v) is 2.78. The first-order valence-corrected chi connectivity index (χ1v) is 3.78. The van der Waals surface area contributed by atoms with Crippen LogP contribution in [0.1, 0.15) is 34.8 Å². The molecule has 0 aromatic carbocycles. The van der Waals surface area contributed by atoms with Gasteiger partial charge in [0.15, 0.2) is 5.69 Å². The molecule has 0 radical (unpaired) electrons. The summed E-state index contributed by atoms with van der Waals surface area (Å²) in [7, 11) is 0. The van der Waals surface area contributed by atoms with Gasteiger partial charge in [-0.2, -0.15) is 18.3 Å². The highest BCUT2D eigenvalue weighted by atomic mass is 19.4. The molecule has 1 aromatic rings. The molecule has 1 atom stereocenters. The van der Waals surface area contributed by atoms with Crippen molar-refractivity contribution in [2.45, 2.75) is 19.3 Å². The molecule has 0 fully saturated rings. The Hall–Kier alpha value is -1.60. The first-order chi connectivity index (χ1) is 6.75. The average Bonchev–Trinajstić information content (AvgIpc) is 2.45. The van der Waals surface area contributed by atoms with E-state index in [9.17, 15) is 22.4 Å². The first kappa shape index (κ1) is 11.5. The summed E-state index contributed by atoms with van der Waals surface area (Å²) in [5, 5.41) is 13.0. The molecule has 1 heterocycles. The molecule has 0 saturated carbocycles. The molecule has 0 aliphatic rings. The maximum Gasteiger partial charge on any atom is 0.436 e. The predicted octanol–water partition coefficient (Wildman–Crippen LogP) is 2.16. The molecule has 0 aliphatic carbocycles. The molecule has 0 amide bonds. The summed E-state index contributed by atoms with van der Waals surface area (Å²) in [5.41, 5.74) is -3.47. The van der Waals surface area contributed by atoms with Crippen LogP contribution in [0.25, 0.3) is 0 Å². The largest absolute Gasteiger partial charge is 0.478 e. The summed E-state index contributed by atoms with van der Waals surface area (Å²) < 4.78 is 49.4. The number of alkyl halides is 4. The van der Waals surface area contributed by atoms with Crippen LogP contribution in [-0.4, -0.2) is 21.3 Å². The van der Waals surface area contributed by atoms with Crippen molar-refractivity contribution in [1.82, 2.24) is 10.2 Å². The van der Waals surface area contributed by atoms with Gasteiger partial charge >= 0.3 is 12.1 Å². The van der Waals surface area contributed by atoms with Crippen LogP contribution in [0.5, 0.6) is 0 Å². The van der Waals surface area contributed by atoms with Crippen molar-refractivity contribution in [2.75, 3.05) is 0 Å². The maximum absolute atomic E-state index is 12.8. The molecule has 0 aliphatic heterocycles. The van der Waals surface area contributed by atoms with Crippen molar-refractivity contribution < 1.29 is 27.5 Å². The van der Waals surface area contributed by atoms with Crippen molar-refractivity contribution in [3.63, 3.8) is 0 Å². The number of hydrogen-bond donors (Lipinski definition) is 2. The Morgan fingerprint density at radius 3 is 2.40 bits per heavy atom. The highest BCUT2D eigenvalue weighted by molar-refractivity contribution is 5.90. The van der Waals surface area contributed by atoms with Crippen LogP contribution in [0.4, 0.5) is 17.6 Å². The lowest BCUT2D eigenvalue weighted by Gasteiger charge is -2.04. The van der Waals surface area contributed by atoms with Gasteiger partial charge in [-0.1, -0.05) is 0 Å². The van der Waals surface area contributed by atoms with E-state index in [1.165, 1.54) is 0 Å². The number of carbonyl (C=O) groups is 1. The fourth-order valence-electron chi connectivity index (χ4n) is 1.06. The standard InChI is InChI=1S/C7H6F4N2O2/c1-2(8)4-3(6(14)15)5(13-12-4)7(9,10)11/h2H,1H3,(H,12,13)(H,14,15). The molecular formula is C7H6F4N2O2. The van der Waals surface area contributed by atoms with Gasteiger partial charge < -0.3 is 5.11 Å². The number of halogens is 4. The van der Waals surface area contributed by atoms with E-state index in [-0.39, 0.29) is 0 Å². The van der Waals surface area contributed by atoms with Gasteiger partial charge in [0.25, 0.3) is 0 Å². The zero-order valence-corrected chi connectivity index (χ0v) is 7.39. The third kappa shape index (κ3) is 2.08. The number of aromatic nitrogens is 2. The SMILES string of the molecule is CC(F)c1[nH]nc(C(F)(F)F)c1C(=O)O. The third-order valence-corrected chi connectivity index (χ3v) is 1.67. The highest BCUT2D eigenvalue weighted by Gasteiger charge is 2.41. The van der Waals surface area contributed by atoms with E-state index in [0.29, 0.717) is 0 Å². The fraction of sp³-hybridized carbons (Fsp3) is 0.429. The van der Waals surface area contributed by atoms with Crippen LogP contribution in [-0.2, 0) is 6.18 Å². The topological polar surface area (TPSA) is 66.0 Å². The Balaban J connectivity index is 3.37. The molecule has 0 spiro atoms. The summed E-state index contributed by atoms with van der Waals surface area (Å²) in [5.74, 6) is -1.87. The number of aromatic amines is 1. The van der Waals surface area contributed by atoms with Crippen LogP contribution >= 0.6 is 0 Å². The van der Waals surface area contributed by atoms with Crippen LogP contribution in [0.2, 0.25) is 0 Å². The molecule has 8 heteroatoms. The van der Waals surface area contributed by atoms with Crippen LogP contribution < -0.4 is 0 Å². The van der Waals surface area contributed by atoms with Gasteiger partial charge in [-0.25, -0.2) is 9.18 Å². The number of carboxylic acids is 1. The van der Waals surface area contributed by atoms with E-state index in [1.54, 1.807) is 5.10 Å². The lowest BCUT2D eigenvalue weighted by atomic mass is 10.1. The van der Waals surface area contributed by atoms with Crippen molar-refractivity contribution in [3.05, 3.63) is 17.0 Å².